The van der Waals surface area contributed by atoms with E-state index in [0.29, 0.717) is 12.6 Å². The van der Waals surface area contributed by atoms with Gasteiger partial charge in [-0.2, -0.15) is 0 Å². The minimum absolute atomic E-state index is 0.204. The Morgan fingerprint density at radius 3 is 2.74 bits per heavy atom. The first-order chi connectivity index (χ1) is 9.28. The van der Waals surface area contributed by atoms with Crippen LogP contribution in [0.4, 0.5) is 0 Å². The van der Waals surface area contributed by atoms with Crippen LogP contribution < -0.4 is 10.5 Å². The lowest BCUT2D eigenvalue weighted by Crippen LogP contribution is -2.41. The van der Waals surface area contributed by atoms with Crippen molar-refractivity contribution >= 4 is 0 Å². The first-order valence-electron chi connectivity index (χ1n) is 6.99. The first-order valence-corrected chi connectivity index (χ1v) is 6.99. The molecule has 4 nitrogen and oxygen atoms in total. The molecule has 0 radical (unpaired) electrons. The molecule has 1 aromatic rings. The van der Waals surface area contributed by atoms with Crippen molar-refractivity contribution in [1.82, 2.24) is 4.90 Å². The number of aliphatic hydroxyl groups is 1. The lowest BCUT2D eigenvalue weighted by atomic mass is 9.91. The fourth-order valence-electron chi connectivity index (χ4n) is 2.57. The summed E-state index contributed by atoms with van der Waals surface area (Å²) in [5.74, 6) is 0.902. The molecule has 0 amide bonds. The summed E-state index contributed by atoms with van der Waals surface area (Å²) in [7, 11) is 1.70. The molecule has 0 unspecified atom stereocenters. The molecular weight excluding hydrogens is 240 g/mol. The van der Waals surface area contributed by atoms with Gasteiger partial charge in [-0.1, -0.05) is 12.5 Å². The average Bonchev–Trinajstić information content (AvgIpc) is 2.37. The second-order valence-electron chi connectivity index (χ2n) is 5.13. The van der Waals surface area contributed by atoms with Gasteiger partial charge in [-0.15, -0.1) is 0 Å². The molecule has 0 heterocycles. The minimum Gasteiger partial charge on any atom is -0.496 e. The molecule has 1 aliphatic carbocycles. The number of hydrogen-bond acceptors (Lipinski definition) is 4. The van der Waals surface area contributed by atoms with E-state index < -0.39 is 0 Å². The fraction of sp³-hybridized carbons (Fsp3) is 0.600. The van der Waals surface area contributed by atoms with Gasteiger partial charge in [-0.25, -0.2) is 0 Å². The summed E-state index contributed by atoms with van der Waals surface area (Å²) in [4.78, 5) is 2.35. The van der Waals surface area contributed by atoms with Gasteiger partial charge in [0, 0.05) is 31.2 Å². The Bertz CT molecular complexity index is 405. The molecule has 4 heteroatoms. The van der Waals surface area contributed by atoms with Crippen LogP contribution in [-0.4, -0.2) is 36.3 Å². The van der Waals surface area contributed by atoms with Crippen molar-refractivity contribution in [3.8, 4) is 5.75 Å². The summed E-state index contributed by atoms with van der Waals surface area (Å²) < 4.78 is 5.43. The second kappa shape index (κ2) is 6.89. The van der Waals surface area contributed by atoms with E-state index in [1.54, 1.807) is 7.11 Å². The lowest BCUT2D eigenvalue weighted by Gasteiger charge is -2.37. The molecule has 3 N–H and O–H groups in total. The van der Waals surface area contributed by atoms with Crippen LogP contribution in [0.15, 0.2) is 18.2 Å². The third-order valence-corrected chi connectivity index (χ3v) is 3.93. The number of methoxy groups -OCH3 is 1. The normalized spacial score (nSPS) is 15.6. The maximum absolute atomic E-state index is 9.22. The third kappa shape index (κ3) is 3.47. The average molecular weight is 264 g/mol. The van der Waals surface area contributed by atoms with Gasteiger partial charge in [0.1, 0.15) is 5.75 Å². The summed E-state index contributed by atoms with van der Waals surface area (Å²) in [6.45, 7) is 2.29. The largest absolute Gasteiger partial charge is 0.496 e. The van der Waals surface area contributed by atoms with Crippen LogP contribution in [0.3, 0.4) is 0 Å². The molecule has 1 aliphatic rings. The van der Waals surface area contributed by atoms with Gasteiger partial charge in [0.2, 0.25) is 0 Å². The molecule has 106 valence electrons. The Labute approximate surface area is 115 Å². The van der Waals surface area contributed by atoms with E-state index >= 15 is 0 Å². The first kappa shape index (κ1) is 14.3. The molecule has 1 saturated carbocycles. The third-order valence-electron chi connectivity index (χ3n) is 3.93. The highest BCUT2D eigenvalue weighted by atomic mass is 16.5. The molecule has 0 aliphatic heterocycles. The zero-order valence-corrected chi connectivity index (χ0v) is 11.6. The van der Waals surface area contributed by atoms with Crippen LogP contribution >= 0.6 is 0 Å². The van der Waals surface area contributed by atoms with Crippen molar-refractivity contribution in [3.05, 3.63) is 29.3 Å². The Kier molecular flexibility index (Phi) is 5.19. The Hall–Kier alpha value is -1.10. The van der Waals surface area contributed by atoms with E-state index in [4.69, 9.17) is 10.5 Å². The van der Waals surface area contributed by atoms with Crippen LogP contribution in [-0.2, 0) is 13.1 Å². The summed E-state index contributed by atoms with van der Waals surface area (Å²) in [5, 5.41) is 9.22. The highest BCUT2D eigenvalue weighted by Gasteiger charge is 2.25. The number of nitrogens with zero attached hydrogens (tertiary/aromatic N) is 1. The number of aliphatic hydroxyl groups excluding tert-OH is 1. The van der Waals surface area contributed by atoms with Crippen molar-refractivity contribution in [2.45, 2.75) is 38.4 Å². The number of hydrogen-bond donors (Lipinski definition) is 2. The predicted octanol–water partition coefficient (Wildman–Crippen LogP) is 1.50. The van der Waals surface area contributed by atoms with E-state index in [1.165, 1.54) is 19.3 Å². The SMILES string of the molecule is COc1ccc(CN)cc1CN(CCO)C1CCC1. The van der Waals surface area contributed by atoms with Crippen molar-refractivity contribution in [2.75, 3.05) is 20.3 Å². The zero-order valence-electron chi connectivity index (χ0n) is 11.6. The molecule has 0 saturated heterocycles. The molecule has 1 aromatic carbocycles. The van der Waals surface area contributed by atoms with Crippen LogP contribution in [0, 0.1) is 0 Å². The molecule has 0 aromatic heterocycles. The number of benzene rings is 1. The van der Waals surface area contributed by atoms with Crippen LogP contribution in [0.25, 0.3) is 0 Å². The number of ether oxygens (including phenoxy) is 1. The highest BCUT2D eigenvalue weighted by molar-refractivity contribution is 5.37. The Morgan fingerprint density at radius 2 is 2.21 bits per heavy atom. The fourth-order valence-corrected chi connectivity index (χ4v) is 2.57. The molecule has 0 atom stereocenters. The summed E-state index contributed by atoms with van der Waals surface area (Å²) in [6, 6.07) is 6.71. The highest BCUT2D eigenvalue weighted by Crippen LogP contribution is 2.28. The number of nitrogens with two attached hydrogens (primary N) is 1. The van der Waals surface area contributed by atoms with E-state index in [2.05, 4.69) is 11.0 Å². The summed E-state index contributed by atoms with van der Waals surface area (Å²) in [5.41, 5.74) is 7.98. The standard InChI is InChI=1S/C15H24N2O2/c1-19-15-6-5-12(10-16)9-13(15)11-17(7-8-18)14-3-2-4-14/h5-6,9,14,18H,2-4,7-8,10-11,16H2,1H3. The van der Waals surface area contributed by atoms with E-state index in [0.717, 1.165) is 30.0 Å². The molecule has 0 spiro atoms. The molecular formula is C15H24N2O2. The zero-order chi connectivity index (χ0) is 13.7. The maximum atomic E-state index is 9.22. The topological polar surface area (TPSA) is 58.7 Å². The minimum atomic E-state index is 0.204. The van der Waals surface area contributed by atoms with Gasteiger partial charge >= 0.3 is 0 Å². The summed E-state index contributed by atoms with van der Waals surface area (Å²) in [6.07, 6.45) is 3.77. The summed E-state index contributed by atoms with van der Waals surface area (Å²) >= 11 is 0. The van der Waals surface area contributed by atoms with Gasteiger partial charge in [-0.3, -0.25) is 4.90 Å². The van der Waals surface area contributed by atoms with Crippen LogP contribution in [0.2, 0.25) is 0 Å². The smallest absolute Gasteiger partial charge is 0.123 e. The van der Waals surface area contributed by atoms with Crippen LogP contribution in [0.5, 0.6) is 5.75 Å². The van der Waals surface area contributed by atoms with Gasteiger partial charge < -0.3 is 15.6 Å². The van der Waals surface area contributed by atoms with E-state index in [-0.39, 0.29) is 6.61 Å². The molecule has 2 rings (SSSR count). The monoisotopic (exact) mass is 264 g/mol. The molecule has 0 bridgehead atoms. The van der Waals surface area contributed by atoms with Crippen molar-refractivity contribution in [3.63, 3.8) is 0 Å². The van der Waals surface area contributed by atoms with Crippen molar-refractivity contribution < 1.29 is 9.84 Å². The molecule has 1 fully saturated rings. The van der Waals surface area contributed by atoms with E-state index in [9.17, 15) is 5.11 Å². The van der Waals surface area contributed by atoms with Gasteiger partial charge in [0.15, 0.2) is 0 Å². The van der Waals surface area contributed by atoms with Crippen molar-refractivity contribution in [1.29, 1.82) is 0 Å². The Morgan fingerprint density at radius 1 is 1.42 bits per heavy atom. The van der Waals surface area contributed by atoms with E-state index in [1.807, 2.05) is 12.1 Å². The lowest BCUT2D eigenvalue weighted by molar-refractivity contribution is 0.0937. The van der Waals surface area contributed by atoms with Gasteiger partial charge in [-0.05, 0) is 30.5 Å². The van der Waals surface area contributed by atoms with Crippen LogP contribution in [0.1, 0.15) is 30.4 Å². The van der Waals surface area contributed by atoms with Crippen molar-refractivity contribution in [2.24, 2.45) is 5.73 Å². The maximum Gasteiger partial charge on any atom is 0.123 e. The predicted molar refractivity (Wildman–Crippen MR) is 76.0 cm³/mol. The quantitative estimate of drug-likeness (QED) is 0.783. The van der Waals surface area contributed by atoms with Gasteiger partial charge in [0.25, 0.3) is 0 Å². The second-order valence-corrected chi connectivity index (χ2v) is 5.13. The Balaban J connectivity index is 2.13. The van der Waals surface area contributed by atoms with Gasteiger partial charge in [0.05, 0.1) is 13.7 Å². The molecule has 19 heavy (non-hydrogen) atoms. The number of rotatable bonds is 7.